The normalized spacial score (nSPS) is 13.4. The molecule has 2 nitrogen and oxygen atoms in total. The number of rotatable bonds is 10. The molecule has 0 amide bonds. The Bertz CT molecular complexity index is 124. The van der Waals surface area contributed by atoms with Crippen LogP contribution < -0.4 is 10.6 Å². The van der Waals surface area contributed by atoms with Crippen LogP contribution in [-0.2, 0) is 0 Å². The van der Waals surface area contributed by atoms with Gasteiger partial charge in [-0.15, -0.1) is 0 Å². The zero-order valence-electron chi connectivity index (χ0n) is 11.1. The van der Waals surface area contributed by atoms with E-state index >= 15 is 0 Å². The van der Waals surface area contributed by atoms with Gasteiger partial charge in [-0.05, 0) is 19.9 Å². The Kier molecular flexibility index (Phi) is 10.4. The Hall–Kier alpha value is -0.0800. The third kappa shape index (κ3) is 11.8. The van der Waals surface area contributed by atoms with E-state index in [-0.39, 0.29) is 0 Å². The molecule has 0 aliphatic carbocycles. The molecule has 0 aliphatic rings. The van der Waals surface area contributed by atoms with E-state index in [1.54, 1.807) is 0 Å². The molecule has 0 aromatic heterocycles. The second-order valence-electron chi connectivity index (χ2n) is 4.83. The van der Waals surface area contributed by atoms with Crippen molar-refractivity contribution in [2.45, 2.75) is 71.9 Å². The lowest BCUT2D eigenvalue weighted by Gasteiger charge is -2.16. The monoisotopic (exact) mass is 214 g/mol. The van der Waals surface area contributed by atoms with Gasteiger partial charge in [0.05, 0.1) is 0 Å². The Morgan fingerprint density at radius 3 is 2.13 bits per heavy atom. The van der Waals surface area contributed by atoms with Gasteiger partial charge >= 0.3 is 0 Å². The van der Waals surface area contributed by atoms with E-state index < -0.39 is 0 Å². The van der Waals surface area contributed by atoms with E-state index in [1.807, 2.05) is 0 Å². The number of unbranched alkanes of at least 4 members (excludes halogenated alkanes) is 4. The molecule has 0 aliphatic heterocycles. The first kappa shape index (κ1) is 14.9. The van der Waals surface area contributed by atoms with Crippen molar-refractivity contribution in [1.82, 2.24) is 10.6 Å². The minimum Gasteiger partial charge on any atom is -0.313 e. The van der Waals surface area contributed by atoms with E-state index in [2.05, 4.69) is 38.3 Å². The fraction of sp³-hybridized carbons (Fsp3) is 1.00. The molecule has 0 spiro atoms. The maximum Gasteiger partial charge on any atom is 0.0164 e. The van der Waals surface area contributed by atoms with Gasteiger partial charge in [0.2, 0.25) is 0 Å². The second-order valence-corrected chi connectivity index (χ2v) is 4.83. The van der Waals surface area contributed by atoms with Gasteiger partial charge in [-0.1, -0.05) is 46.5 Å². The predicted octanol–water partition coefficient (Wildman–Crippen LogP) is 2.93. The highest BCUT2D eigenvalue weighted by molar-refractivity contribution is 4.65. The molecule has 0 fully saturated rings. The Morgan fingerprint density at radius 2 is 1.53 bits per heavy atom. The molecule has 0 saturated carbocycles. The van der Waals surface area contributed by atoms with E-state index in [9.17, 15) is 0 Å². The van der Waals surface area contributed by atoms with Gasteiger partial charge < -0.3 is 10.6 Å². The summed E-state index contributed by atoms with van der Waals surface area (Å²) in [5.41, 5.74) is 0. The van der Waals surface area contributed by atoms with Crippen LogP contribution in [0.3, 0.4) is 0 Å². The van der Waals surface area contributed by atoms with Crippen LogP contribution in [0.4, 0.5) is 0 Å². The zero-order chi connectivity index (χ0) is 11.5. The molecule has 0 bridgehead atoms. The second kappa shape index (κ2) is 10.4. The van der Waals surface area contributed by atoms with Crippen molar-refractivity contribution in [3.63, 3.8) is 0 Å². The summed E-state index contributed by atoms with van der Waals surface area (Å²) in [7, 11) is 0. The summed E-state index contributed by atoms with van der Waals surface area (Å²) in [5.74, 6) is 0. The molecule has 1 atom stereocenters. The molecule has 92 valence electrons. The van der Waals surface area contributed by atoms with Gasteiger partial charge in [0.1, 0.15) is 0 Å². The molecular weight excluding hydrogens is 184 g/mol. The smallest absolute Gasteiger partial charge is 0.0164 e. The van der Waals surface area contributed by atoms with Gasteiger partial charge in [0.25, 0.3) is 0 Å². The first-order chi connectivity index (χ1) is 7.16. The fourth-order valence-corrected chi connectivity index (χ4v) is 1.56. The lowest BCUT2D eigenvalue weighted by Crippen LogP contribution is -2.39. The third-order valence-corrected chi connectivity index (χ3v) is 2.61. The van der Waals surface area contributed by atoms with Gasteiger partial charge in [-0.3, -0.25) is 0 Å². The van der Waals surface area contributed by atoms with E-state index in [4.69, 9.17) is 0 Å². The minimum absolute atomic E-state index is 0.596. The van der Waals surface area contributed by atoms with Gasteiger partial charge in [-0.25, -0.2) is 0 Å². The number of hydrogen-bond acceptors (Lipinski definition) is 2. The van der Waals surface area contributed by atoms with E-state index in [0.717, 1.165) is 6.54 Å². The molecule has 2 heteroatoms. The highest BCUT2D eigenvalue weighted by Crippen LogP contribution is 2.01. The van der Waals surface area contributed by atoms with Crippen molar-refractivity contribution >= 4 is 0 Å². The summed E-state index contributed by atoms with van der Waals surface area (Å²) in [4.78, 5) is 0. The summed E-state index contributed by atoms with van der Waals surface area (Å²) in [5, 5.41) is 7.00. The zero-order valence-corrected chi connectivity index (χ0v) is 11.1. The van der Waals surface area contributed by atoms with Crippen LogP contribution in [0.15, 0.2) is 0 Å². The summed E-state index contributed by atoms with van der Waals surface area (Å²) in [6.45, 7) is 11.1. The number of hydrogen-bond donors (Lipinski definition) is 2. The highest BCUT2D eigenvalue weighted by atomic mass is 15.0. The van der Waals surface area contributed by atoms with Crippen molar-refractivity contribution in [2.24, 2.45) is 0 Å². The third-order valence-electron chi connectivity index (χ3n) is 2.61. The van der Waals surface area contributed by atoms with Gasteiger partial charge in [-0.2, -0.15) is 0 Å². The standard InChI is InChI=1S/C13H30N2/c1-5-6-7-8-9-10-14-13(4)11-15-12(2)3/h12-15H,5-11H2,1-4H3. The first-order valence-electron chi connectivity index (χ1n) is 6.63. The predicted molar refractivity (Wildman–Crippen MR) is 69.4 cm³/mol. The molecule has 0 rings (SSSR count). The molecule has 2 N–H and O–H groups in total. The lowest BCUT2D eigenvalue weighted by molar-refractivity contribution is 0.464. The molecule has 15 heavy (non-hydrogen) atoms. The molecule has 0 aromatic carbocycles. The van der Waals surface area contributed by atoms with Crippen LogP contribution >= 0.6 is 0 Å². The summed E-state index contributed by atoms with van der Waals surface area (Å²) >= 11 is 0. The topological polar surface area (TPSA) is 24.1 Å². The van der Waals surface area contributed by atoms with Crippen LogP contribution in [0.5, 0.6) is 0 Å². The largest absolute Gasteiger partial charge is 0.313 e. The average Bonchev–Trinajstić information content (AvgIpc) is 2.20. The number of nitrogens with one attached hydrogen (secondary N) is 2. The van der Waals surface area contributed by atoms with Crippen LogP contribution in [0.1, 0.15) is 59.8 Å². The van der Waals surface area contributed by atoms with E-state index in [1.165, 1.54) is 38.6 Å². The Balaban J connectivity index is 3.13. The highest BCUT2D eigenvalue weighted by Gasteiger charge is 2.00. The van der Waals surface area contributed by atoms with Crippen LogP contribution in [-0.4, -0.2) is 25.2 Å². The Morgan fingerprint density at radius 1 is 0.867 bits per heavy atom. The minimum atomic E-state index is 0.596. The molecule has 1 unspecified atom stereocenters. The van der Waals surface area contributed by atoms with Crippen LogP contribution in [0.25, 0.3) is 0 Å². The molecule has 0 saturated heterocycles. The van der Waals surface area contributed by atoms with Gasteiger partial charge in [0, 0.05) is 18.6 Å². The first-order valence-corrected chi connectivity index (χ1v) is 6.63. The lowest BCUT2D eigenvalue weighted by atomic mass is 10.1. The summed E-state index contributed by atoms with van der Waals surface area (Å²) < 4.78 is 0. The maximum absolute atomic E-state index is 3.55. The quantitative estimate of drug-likeness (QED) is 0.546. The Labute approximate surface area is 96.2 Å². The van der Waals surface area contributed by atoms with Gasteiger partial charge in [0.15, 0.2) is 0 Å². The van der Waals surface area contributed by atoms with Crippen molar-refractivity contribution in [3.8, 4) is 0 Å². The van der Waals surface area contributed by atoms with Crippen molar-refractivity contribution in [2.75, 3.05) is 13.1 Å². The SMILES string of the molecule is CCCCCCCNC(C)CNC(C)C. The summed E-state index contributed by atoms with van der Waals surface area (Å²) in [6.07, 6.45) is 6.83. The molecule has 0 radical (unpaired) electrons. The van der Waals surface area contributed by atoms with Crippen molar-refractivity contribution in [1.29, 1.82) is 0 Å². The van der Waals surface area contributed by atoms with E-state index in [0.29, 0.717) is 12.1 Å². The fourth-order valence-electron chi connectivity index (χ4n) is 1.56. The molecule has 0 heterocycles. The van der Waals surface area contributed by atoms with Crippen LogP contribution in [0, 0.1) is 0 Å². The van der Waals surface area contributed by atoms with Crippen LogP contribution in [0.2, 0.25) is 0 Å². The van der Waals surface area contributed by atoms with Crippen molar-refractivity contribution < 1.29 is 0 Å². The average molecular weight is 214 g/mol. The van der Waals surface area contributed by atoms with Crippen molar-refractivity contribution in [3.05, 3.63) is 0 Å². The summed E-state index contributed by atoms with van der Waals surface area (Å²) in [6, 6.07) is 1.19. The molecular formula is C13H30N2. The molecule has 0 aromatic rings. The maximum atomic E-state index is 3.55.